The Labute approximate surface area is 115 Å². The average molecular weight is 326 g/mol. The second kappa shape index (κ2) is 4.55. The lowest BCUT2D eigenvalue weighted by molar-refractivity contribution is 0.465. The molecule has 0 spiro atoms. The Hall–Kier alpha value is -1.66. The van der Waals surface area contributed by atoms with Crippen LogP contribution in [0, 0.1) is 0 Å². The van der Waals surface area contributed by atoms with Crippen LogP contribution in [-0.4, -0.2) is 20.2 Å². The van der Waals surface area contributed by atoms with Crippen molar-refractivity contribution in [3.05, 3.63) is 40.2 Å². The monoisotopic (exact) mass is 324 g/mol. The van der Waals surface area contributed by atoms with Gasteiger partial charge in [-0.15, -0.1) is 0 Å². The van der Waals surface area contributed by atoms with Crippen molar-refractivity contribution in [3.63, 3.8) is 0 Å². The van der Waals surface area contributed by atoms with Crippen molar-refractivity contribution in [2.24, 2.45) is 0 Å². The molecule has 3 aromatic rings. The van der Waals surface area contributed by atoms with Gasteiger partial charge in [-0.05, 0) is 39.7 Å². The molecule has 7 heteroatoms. The van der Waals surface area contributed by atoms with E-state index >= 15 is 0 Å². The highest BCUT2D eigenvalue weighted by atomic mass is 79.9. The molecule has 0 saturated heterocycles. The summed E-state index contributed by atoms with van der Waals surface area (Å²) in [5.41, 5.74) is 0.539. The molecule has 0 unspecified atom stereocenters. The molecule has 0 aliphatic carbocycles. The third kappa shape index (κ3) is 2.04. The van der Waals surface area contributed by atoms with Gasteiger partial charge < -0.3 is 4.74 Å². The van der Waals surface area contributed by atoms with Crippen LogP contribution < -0.4 is 4.74 Å². The summed E-state index contributed by atoms with van der Waals surface area (Å²) in [6.07, 6.45) is 1.60. The Kier molecular flexibility index (Phi) is 2.89. The zero-order valence-electron chi connectivity index (χ0n) is 8.89. The molecule has 1 N–H and O–H groups in total. The molecular formula is C11H6BrClN4O. The molecule has 90 valence electrons. The smallest absolute Gasteiger partial charge is 0.234 e. The van der Waals surface area contributed by atoms with Crippen molar-refractivity contribution < 1.29 is 4.74 Å². The second-order valence-corrected chi connectivity index (χ2v) is 4.65. The van der Waals surface area contributed by atoms with Gasteiger partial charge in [-0.2, -0.15) is 15.1 Å². The highest BCUT2D eigenvalue weighted by Gasteiger charge is 2.11. The summed E-state index contributed by atoms with van der Waals surface area (Å²) in [7, 11) is 0. The molecule has 0 atom stereocenters. The number of nitrogens with one attached hydrogen (secondary N) is 1. The first-order valence-corrected chi connectivity index (χ1v) is 6.20. The molecule has 2 heterocycles. The number of nitrogens with zero attached hydrogens (tertiary/aromatic N) is 3. The van der Waals surface area contributed by atoms with Gasteiger partial charge in [0.1, 0.15) is 11.1 Å². The van der Waals surface area contributed by atoms with E-state index < -0.39 is 0 Å². The molecule has 0 fully saturated rings. The largest absolute Gasteiger partial charge is 0.437 e. The number of halogens is 2. The normalized spacial score (nSPS) is 10.8. The molecule has 0 saturated carbocycles. The van der Waals surface area contributed by atoms with Crippen LogP contribution in [0.4, 0.5) is 0 Å². The van der Waals surface area contributed by atoms with Gasteiger partial charge in [0.15, 0.2) is 5.65 Å². The Morgan fingerprint density at radius 3 is 2.89 bits per heavy atom. The molecule has 18 heavy (non-hydrogen) atoms. The van der Waals surface area contributed by atoms with Crippen molar-refractivity contribution in [2.75, 3.05) is 0 Å². The summed E-state index contributed by atoms with van der Waals surface area (Å²) < 4.78 is 6.55. The summed E-state index contributed by atoms with van der Waals surface area (Å²) in [5, 5.41) is 7.39. The number of hydrogen-bond acceptors (Lipinski definition) is 4. The van der Waals surface area contributed by atoms with Crippen molar-refractivity contribution >= 4 is 38.6 Å². The number of ether oxygens (including phenoxy) is 1. The first-order valence-electron chi connectivity index (χ1n) is 5.03. The topological polar surface area (TPSA) is 63.7 Å². The van der Waals surface area contributed by atoms with Gasteiger partial charge in [-0.1, -0.05) is 12.1 Å². The van der Waals surface area contributed by atoms with Crippen LogP contribution in [0.25, 0.3) is 11.0 Å². The molecule has 0 amide bonds. The minimum atomic E-state index is 0.105. The number of aromatic nitrogens is 4. The number of fused-ring (bicyclic) bond motifs is 1. The van der Waals surface area contributed by atoms with Crippen LogP contribution >= 0.6 is 27.5 Å². The molecule has 0 aliphatic heterocycles. The lowest BCUT2D eigenvalue weighted by Gasteiger charge is -2.07. The molecule has 0 aliphatic rings. The number of benzene rings is 1. The maximum atomic E-state index is 5.83. The second-order valence-electron chi connectivity index (χ2n) is 3.46. The first kappa shape index (κ1) is 11.4. The fraction of sp³-hybridized carbons (Fsp3) is 0. The van der Waals surface area contributed by atoms with Gasteiger partial charge in [0.2, 0.25) is 11.2 Å². The van der Waals surface area contributed by atoms with Crippen molar-refractivity contribution in [1.82, 2.24) is 20.2 Å². The minimum Gasteiger partial charge on any atom is -0.437 e. The average Bonchev–Trinajstić information content (AvgIpc) is 2.80. The zero-order valence-corrected chi connectivity index (χ0v) is 11.2. The first-order chi connectivity index (χ1) is 8.74. The van der Waals surface area contributed by atoms with E-state index in [1.54, 1.807) is 6.20 Å². The standard InChI is InChI=1S/C11H6BrClN4O/c12-7-3-1-2-4-8(7)18-10-6-5-14-17-9(6)15-11(13)16-10/h1-5H,(H,14,15,16,17). The van der Waals surface area contributed by atoms with Gasteiger partial charge in [-0.3, -0.25) is 5.10 Å². The highest BCUT2D eigenvalue weighted by molar-refractivity contribution is 9.10. The van der Waals surface area contributed by atoms with Crippen LogP contribution in [0.1, 0.15) is 0 Å². The van der Waals surface area contributed by atoms with Crippen LogP contribution in [0.5, 0.6) is 11.6 Å². The van der Waals surface area contributed by atoms with E-state index in [9.17, 15) is 0 Å². The fourth-order valence-corrected chi connectivity index (χ4v) is 2.02. The van der Waals surface area contributed by atoms with Gasteiger partial charge in [0.05, 0.1) is 10.7 Å². The van der Waals surface area contributed by atoms with E-state index in [1.807, 2.05) is 24.3 Å². The SMILES string of the molecule is Clc1nc(Oc2ccccc2Br)c2cn[nH]c2n1. The Bertz CT molecular complexity index is 715. The third-order valence-corrected chi connectivity index (χ3v) is 3.11. The highest BCUT2D eigenvalue weighted by Crippen LogP contribution is 2.31. The molecule has 1 aromatic carbocycles. The van der Waals surface area contributed by atoms with Gasteiger partial charge in [0, 0.05) is 0 Å². The van der Waals surface area contributed by atoms with Crippen molar-refractivity contribution in [3.8, 4) is 11.6 Å². The predicted molar refractivity (Wildman–Crippen MR) is 70.9 cm³/mol. The van der Waals surface area contributed by atoms with E-state index in [1.165, 1.54) is 0 Å². The summed E-state index contributed by atoms with van der Waals surface area (Å²) in [5.74, 6) is 1.01. The third-order valence-electron chi connectivity index (χ3n) is 2.29. The maximum absolute atomic E-state index is 5.83. The summed E-state index contributed by atoms with van der Waals surface area (Å²) in [4.78, 5) is 8.07. The maximum Gasteiger partial charge on any atom is 0.234 e. The van der Waals surface area contributed by atoms with Crippen LogP contribution in [0.15, 0.2) is 34.9 Å². The van der Waals surface area contributed by atoms with Crippen LogP contribution in [0.2, 0.25) is 5.28 Å². The number of hydrogen-bond donors (Lipinski definition) is 1. The molecule has 0 bridgehead atoms. The van der Waals surface area contributed by atoms with E-state index in [2.05, 4.69) is 36.1 Å². The lowest BCUT2D eigenvalue weighted by Crippen LogP contribution is -1.92. The van der Waals surface area contributed by atoms with E-state index in [4.69, 9.17) is 16.3 Å². The summed E-state index contributed by atoms with van der Waals surface area (Å²) in [6, 6.07) is 7.48. The van der Waals surface area contributed by atoms with Gasteiger partial charge in [0.25, 0.3) is 0 Å². The van der Waals surface area contributed by atoms with Gasteiger partial charge in [-0.25, -0.2) is 0 Å². The predicted octanol–water partition coefficient (Wildman–Crippen LogP) is 3.56. The number of H-pyrrole nitrogens is 1. The molecule has 3 rings (SSSR count). The van der Waals surface area contributed by atoms with Crippen LogP contribution in [-0.2, 0) is 0 Å². The van der Waals surface area contributed by atoms with Gasteiger partial charge >= 0.3 is 0 Å². The van der Waals surface area contributed by atoms with E-state index in [0.29, 0.717) is 22.7 Å². The Balaban J connectivity index is 2.10. The number of para-hydroxylation sites is 1. The number of aromatic amines is 1. The summed E-state index contributed by atoms with van der Waals surface area (Å²) in [6.45, 7) is 0. The molecular weight excluding hydrogens is 320 g/mol. The zero-order chi connectivity index (χ0) is 12.5. The lowest BCUT2D eigenvalue weighted by atomic mass is 10.3. The van der Waals surface area contributed by atoms with Crippen LogP contribution in [0.3, 0.4) is 0 Å². The van der Waals surface area contributed by atoms with Crippen molar-refractivity contribution in [2.45, 2.75) is 0 Å². The quantitative estimate of drug-likeness (QED) is 0.732. The van der Waals surface area contributed by atoms with Crippen molar-refractivity contribution in [1.29, 1.82) is 0 Å². The Morgan fingerprint density at radius 1 is 1.22 bits per heavy atom. The molecule has 5 nitrogen and oxygen atoms in total. The minimum absolute atomic E-state index is 0.105. The molecule has 2 aromatic heterocycles. The fourth-order valence-electron chi connectivity index (χ4n) is 1.49. The number of rotatable bonds is 2. The van der Waals surface area contributed by atoms with E-state index in [-0.39, 0.29) is 5.28 Å². The summed E-state index contributed by atoms with van der Waals surface area (Å²) >= 11 is 9.23. The Morgan fingerprint density at radius 2 is 2.06 bits per heavy atom. The van der Waals surface area contributed by atoms with E-state index in [0.717, 1.165) is 4.47 Å². The molecule has 0 radical (unpaired) electrons.